The minimum atomic E-state index is -1.26. The third-order valence-electron chi connectivity index (χ3n) is 5.63. The van der Waals surface area contributed by atoms with Gasteiger partial charge in [-0.05, 0) is 47.0 Å². The van der Waals surface area contributed by atoms with Crippen molar-refractivity contribution in [2.45, 2.75) is 19.0 Å². The summed E-state index contributed by atoms with van der Waals surface area (Å²) in [5.41, 5.74) is 0.00405. The predicted molar refractivity (Wildman–Crippen MR) is 114 cm³/mol. The summed E-state index contributed by atoms with van der Waals surface area (Å²) in [5, 5.41) is 4.71. The van der Waals surface area contributed by atoms with Gasteiger partial charge in [0, 0.05) is 13.6 Å². The lowest BCUT2D eigenvalue weighted by Crippen LogP contribution is -2.43. The van der Waals surface area contributed by atoms with Crippen LogP contribution in [0.5, 0.6) is 0 Å². The van der Waals surface area contributed by atoms with Crippen molar-refractivity contribution < 1.29 is 18.8 Å². The van der Waals surface area contributed by atoms with Gasteiger partial charge in [-0.15, -0.1) is 0 Å². The minimum Gasteiger partial charge on any atom is -0.340 e. The van der Waals surface area contributed by atoms with Crippen LogP contribution in [0, 0.1) is 5.82 Å². The standard InChI is InChI=1S/C24H22FN3O3/c1-24(19-11-10-17-7-3-4-8-18(17)13-19)22(30)28(23(31)26-24)15-21(29)27(2)14-16-6-5-9-20(25)12-16/h3-13H,14-15H2,1-2H3,(H,26,31). The number of halogens is 1. The second-order valence-corrected chi connectivity index (χ2v) is 7.89. The molecule has 0 saturated carbocycles. The third-order valence-corrected chi connectivity index (χ3v) is 5.63. The van der Waals surface area contributed by atoms with E-state index in [-0.39, 0.29) is 13.1 Å². The Balaban J connectivity index is 1.51. The second-order valence-electron chi connectivity index (χ2n) is 7.89. The van der Waals surface area contributed by atoms with E-state index in [0.29, 0.717) is 11.1 Å². The number of carbonyl (C=O) groups is 3. The average molecular weight is 419 g/mol. The Hall–Kier alpha value is -3.74. The molecule has 7 heteroatoms. The Kier molecular flexibility index (Phi) is 5.19. The predicted octanol–water partition coefficient (Wildman–Crippen LogP) is 3.40. The van der Waals surface area contributed by atoms with Gasteiger partial charge in [0.1, 0.15) is 17.9 Å². The van der Waals surface area contributed by atoms with Gasteiger partial charge in [-0.3, -0.25) is 14.5 Å². The highest BCUT2D eigenvalue weighted by Gasteiger charge is 2.49. The largest absolute Gasteiger partial charge is 0.340 e. The molecular weight excluding hydrogens is 397 g/mol. The van der Waals surface area contributed by atoms with E-state index in [1.165, 1.54) is 17.0 Å². The van der Waals surface area contributed by atoms with E-state index < -0.39 is 29.2 Å². The van der Waals surface area contributed by atoms with Crippen LogP contribution in [0.15, 0.2) is 66.7 Å². The van der Waals surface area contributed by atoms with Gasteiger partial charge in [-0.2, -0.15) is 0 Å². The third kappa shape index (κ3) is 3.86. The van der Waals surface area contributed by atoms with Crippen LogP contribution in [0.1, 0.15) is 18.1 Å². The number of amides is 4. The lowest BCUT2D eigenvalue weighted by Gasteiger charge is -2.23. The Morgan fingerprint density at radius 1 is 1.03 bits per heavy atom. The number of hydrogen-bond acceptors (Lipinski definition) is 3. The number of benzene rings is 3. The fourth-order valence-corrected chi connectivity index (χ4v) is 3.79. The first-order chi connectivity index (χ1) is 14.8. The normalized spacial score (nSPS) is 18.4. The van der Waals surface area contributed by atoms with Crippen molar-refractivity contribution in [3.63, 3.8) is 0 Å². The summed E-state index contributed by atoms with van der Waals surface area (Å²) in [4.78, 5) is 40.7. The van der Waals surface area contributed by atoms with Crippen molar-refractivity contribution in [1.82, 2.24) is 15.1 Å². The van der Waals surface area contributed by atoms with Gasteiger partial charge in [0.15, 0.2) is 0 Å². The summed E-state index contributed by atoms with van der Waals surface area (Å²) in [6.07, 6.45) is 0. The van der Waals surface area contributed by atoms with Crippen LogP contribution in [0.25, 0.3) is 10.8 Å². The molecule has 0 aliphatic carbocycles. The zero-order valence-corrected chi connectivity index (χ0v) is 17.3. The van der Waals surface area contributed by atoms with Crippen molar-refractivity contribution in [3.05, 3.63) is 83.7 Å². The first kappa shape index (κ1) is 20.5. The molecule has 1 aliphatic rings. The number of hydrogen-bond donors (Lipinski definition) is 1. The van der Waals surface area contributed by atoms with Gasteiger partial charge in [-0.1, -0.05) is 48.5 Å². The highest BCUT2D eigenvalue weighted by atomic mass is 19.1. The summed E-state index contributed by atoms with van der Waals surface area (Å²) >= 11 is 0. The average Bonchev–Trinajstić information content (AvgIpc) is 2.97. The molecule has 31 heavy (non-hydrogen) atoms. The maximum Gasteiger partial charge on any atom is 0.325 e. The molecule has 4 rings (SSSR count). The SMILES string of the molecule is CN(Cc1cccc(F)c1)C(=O)CN1C(=O)NC(C)(c2ccc3ccccc3c2)C1=O. The van der Waals surface area contributed by atoms with Crippen LogP contribution in [0.4, 0.5) is 9.18 Å². The second kappa shape index (κ2) is 7.83. The van der Waals surface area contributed by atoms with E-state index in [4.69, 9.17) is 0 Å². The molecular formula is C24H22FN3O3. The summed E-state index contributed by atoms with van der Waals surface area (Å²) in [6, 6.07) is 18.6. The molecule has 6 nitrogen and oxygen atoms in total. The van der Waals surface area contributed by atoms with E-state index in [1.807, 2.05) is 42.5 Å². The van der Waals surface area contributed by atoms with Crippen molar-refractivity contribution in [2.24, 2.45) is 0 Å². The maximum atomic E-state index is 13.4. The minimum absolute atomic E-state index is 0.169. The molecule has 1 atom stereocenters. The molecule has 1 fully saturated rings. The van der Waals surface area contributed by atoms with Gasteiger partial charge >= 0.3 is 6.03 Å². The first-order valence-corrected chi connectivity index (χ1v) is 9.90. The first-order valence-electron chi connectivity index (χ1n) is 9.90. The summed E-state index contributed by atoms with van der Waals surface area (Å²) in [7, 11) is 1.55. The Bertz CT molecular complexity index is 1200. The molecule has 0 spiro atoms. The molecule has 0 radical (unpaired) electrons. The molecule has 1 saturated heterocycles. The quantitative estimate of drug-likeness (QED) is 0.645. The lowest BCUT2D eigenvalue weighted by molar-refractivity contribution is -0.138. The smallest absolute Gasteiger partial charge is 0.325 e. The molecule has 1 N–H and O–H groups in total. The fraction of sp³-hybridized carbons (Fsp3) is 0.208. The Morgan fingerprint density at radius 3 is 2.52 bits per heavy atom. The fourth-order valence-electron chi connectivity index (χ4n) is 3.79. The molecule has 1 unspecified atom stereocenters. The molecule has 3 aromatic rings. The summed E-state index contributed by atoms with van der Waals surface area (Å²) in [5.74, 6) is -1.30. The summed E-state index contributed by atoms with van der Waals surface area (Å²) < 4.78 is 13.4. The monoisotopic (exact) mass is 419 g/mol. The van der Waals surface area contributed by atoms with E-state index in [1.54, 1.807) is 26.1 Å². The molecule has 1 heterocycles. The van der Waals surface area contributed by atoms with Crippen molar-refractivity contribution in [2.75, 3.05) is 13.6 Å². The van der Waals surface area contributed by atoms with Gasteiger partial charge < -0.3 is 10.2 Å². The van der Waals surface area contributed by atoms with Crippen LogP contribution in [-0.2, 0) is 21.7 Å². The van der Waals surface area contributed by atoms with Crippen LogP contribution >= 0.6 is 0 Å². The number of nitrogens with one attached hydrogen (secondary N) is 1. The van der Waals surface area contributed by atoms with E-state index in [9.17, 15) is 18.8 Å². The Labute approximate surface area is 179 Å². The number of nitrogens with zero attached hydrogens (tertiary/aromatic N) is 2. The number of likely N-dealkylation sites (N-methyl/N-ethyl adjacent to an activating group) is 1. The molecule has 0 bridgehead atoms. The van der Waals surface area contributed by atoms with Gasteiger partial charge in [0.25, 0.3) is 5.91 Å². The van der Waals surface area contributed by atoms with Crippen molar-refractivity contribution in [1.29, 1.82) is 0 Å². The zero-order chi connectivity index (χ0) is 22.2. The molecule has 3 aromatic carbocycles. The molecule has 1 aliphatic heterocycles. The number of carbonyl (C=O) groups excluding carboxylic acids is 3. The lowest BCUT2D eigenvalue weighted by atomic mass is 9.90. The van der Waals surface area contributed by atoms with Gasteiger partial charge in [0.2, 0.25) is 5.91 Å². The van der Waals surface area contributed by atoms with E-state index >= 15 is 0 Å². The number of imide groups is 1. The van der Waals surface area contributed by atoms with Gasteiger partial charge in [0.05, 0.1) is 0 Å². The van der Waals surface area contributed by atoms with E-state index in [2.05, 4.69) is 5.32 Å². The van der Waals surface area contributed by atoms with Crippen molar-refractivity contribution in [3.8, 4) is 0 Å². The van der Waals surface area contributed by atoms with Crippen LogP contribution in [0.3, 0.4) is 0 Å². The zero-order valence-electron chi connectivity index (χ0n) is 17.3. The highest BCUT2D eigenvalue weighted by Crippen LogP contribution is 2.31. The Morgan fingerprint density at radius 2 is 1.77 bits per heavy atom. The van der Waals surface area contributed by atoms with Crippen LogP contribution in [0.2, 0.25) is 0 Å². The van der Waals surface area contributed by atoms with Gasteiger partial charge in [-0.25, -0.2) is 9.18 Å². The van der Waals surface area contributed by atoms with Crippen LogP contribution in [-0.4, -0.2) is 41.2 Å². The molecule has 0 aromatic heterocycles. The topological polar surface area (TPSA) is 69.7 Å². The summed E-state index contributed by atoms with van der Waals surface area (Å²) in [6.45, 7) is 1.42. The number of rotatable bonds is 5. The number of fused-ring (bicyclic) bond motifs is 1. The highest BCUT2D eigenvalue weighted by molar-refractivity contribution is 6.09. The van der Waals surface area contributed by atoms with E-state index in [0.717, 1.165) is 15.7 Å². The van der Waals surface area contributed by atoms with Crippen molar-refractivity contribution >= 4 is 28.6 Å². The molecule has 158 valence electrons. The van der Waals surface area contributed by atoms with Crippen LogP contribution < -0.4 is 5.32 Å². The maximum absolute atomic E-state index is 13.4. The number of urea groups is 1. The molecule has 4 amide bonds.